The van der Waals surface area contributed by atoms with E-state index in [1.54, 1.807) is 0 Å². The van der Waals surface area contributed by atoms with Gasteiger partial charge in [-0.25, -0.2) is 0 Å². The first-order valence-electron chi connectivity index (χ1n) is 7.18. The van der Waals surface area contributed by atoms with E-state index in [4.69, 9.17) is 0 Å². The number of unbranched alkanes of at least 4 members (excludes halogenated alkanes) is 4. The van der Waals surface area contributed by atoms with Crippen molar-refractivity contribution in [2.45, 2.75) is 65.2 Å². The Morgan fingerprint density at radius 1 is 0.750 bits per heavy atom. The highest BCUT2D eigenvalue weighted by molar-refractivity contribution is 4.56. The Morgan fingerprint density at radius 3 is 1.56 bits per heavy atom. The molecule has 1 heterocycles. The molecule has 2 heteroatoms. The second-order valence-corrected chi connectivity index (χ2v) is 5.36. The molecule has 1 nitrogen and oxygen atoms in total. The van der Waals surface area contributed by atoms with Gasteiger partial charge >= 0.3 is 0 Å². The summed E-state index contributed by atoms with van der Waals surface area (Å²) >= 11 is 0. The molecule has 0 aromatic rings. The third-order valence-electron chi connectivity index (χ3n) is 3.99. The lowest BCUT2D eigenvalue weighted by molar-refractivity contribution is -0.917. The summed E-state index contributed by atoms with van der Waals surface area (Å²) in [7, 11) is 0. The predicted molar refractivity (Wildman–Crippen MR) is 68.0 cm³/mol. The Labute approximate surface area is 120 Å². The average molecular weight is 339 g/mol. The van der Waals surface area contributed by atoms with Crippen molar-refractivity contribution < 1.29 is 28.5 Å². The fourth-order valence-electron chi connectivity index (χ4n) is 2.96. The van der Waals surface area contributed by atoms with Gasteiger partial charge in [0.25, 0.3) is 0 Å². The number of halogens is 1. The molecule has 0 atom stereocenters. The van der Waals surface area contributed by atoms with Gasteiger partial charge in [0.2, 0.25) is 0 Å². The largest absolute Gasteiger partial charge is 1.00 e. The van der Waals surface area contributed by atoms with Crippen molar-refractivity contribution in [3.63, 3.8) is 0 Å². The Balaban J connectivity index is 0.00000225. The van der Waals surface area contributed by atoms with Crippen LogP contribution in [0.15, 0.2) is 0 Å². The molecule has 16 heavy (non-hydrogen) atoms. The normalized spacial score (nSPS) is 18.4. The molecule has 0 spiro atoms. The van der Waals surface area contributed by atoms with Crippen LogP contribution in [0.3, 0.4) is 0 Å². The highest BCUT2D eigenvalue weighted by Crippen LogP contribution is 2.22. The van der Waals surface area contributed by atoms with Crippen LogP contribution in [0, 0.1) is 0 Å². The standard InChI is InChI=1S/C14H30N.HI/c1-3-5-7-11-15(12-8-6-4-2)13-9-10-14-15;/h3-14H2,1-2H3;1H/q+1;/p-1. The average Bonchev–Trinajstić information content (AvgIpc) is 2.68. The first kappa shape index (κ1) is 16.7. The van der Waals surface area contributed by atoms with Crippen LogP contribution < -0.4 is 24.0 Å². The zero-order chi connectivity index (χ0) is 11.0. The molecule has 1 rings (SSSR count). The van der Waals surface area contributed by atoms with Gasteiger partial charge in [-0.3, -0.25) is 0 Å². The van der Waals surface area contributed by atoms with E-state index < -0.39 is 0 Å². The number of hydrogen-bond acceptors (Lipinski definition) is 0. The van der Waals surface area contributed by atoms with Crippen molar-refractivity contribution in [2.24, 2.45) is 0 Å². The van der Waals surface area contributed by atoms with Crippen LogP contribution in [0.1, 0.15) is 65.2 Å². The van der Waals surface area contributed by atoms with Crippen LogP contribution in [0.25, 0.3) is 0 Å². The van der Waals surface area contributed by atoms with Crippen molar-refractivity contribution in [3.8, 4) is 0 Å². The third kappa shape index (κ3) is 5.85. The van der Waals surface area contributed by atoms with Crippen LogP contribution in [0.2, 0.25) is 0 Å². The molecule has 0 aromatic heterocycles. The first-order valence-corrected chi connectivity index (χ1v) is 7.18. The minimum atomic E-state index is 0. The van der Waals surface area contributed by atoms with Gasteiger partial charge in [0.1, 0.15) is 0 Å². The summed E-state index contributed by atoms with van der Waals surface area (Å²) in [5, 5.41) is 0. The lowest BCUT2D eigenvalue weighted by Gasteiger charge is -2.34. The van der Waals surface area contributed by atoms with Gasteiger partial charge in [0.15, 0.2) is 0 Å². The molecule has 0 bridgehead atoms. The Morgan fingerprint density at radius 2 is 1.19 bits per heavy atom. The maximum absolute atomic E-state index is 2.31. The molecule has 0 aromatic carbocycles. The van der Waals surface area contributed by atoms with Gasteiger partial charge < -0.3 is 28.5 Å². The molecule has 1 saturated heterocycles. The monoisotopic (exact) mass is 339 g/mol. The topological polar surface area (TPSA) is 0 Å². The smallest absolute Gasteiger partial charge is 0.0788 e. The molecule has 1 aliphatic rings. The number of nitrogens with zero attached hydrogens (tertiary/aromatic N) is 1. The second kappa shape index (κ2) is 9.69. The molecular formula is C14H30IN. The number of hydrogen-bond donors (Lipinski definition) is 0. The molecule has 0 N–H and O–H groups in total. The van der Waals surface area contributed by atoms with Gasteiger partial charge in [-0.15, -0.1) is 0 Å². The molecule has 1 aliphatic heterocycles. The van der Waals surface area contributed by atoms with E-state index in [1.165, 1.54) is 82.0 Å². The fourth-order valence-corrected chi connectivity index (χ4v) is 2.96. The third-order valence-corrected chi connectivity index (χ3v) is 3.99. The zero-order valence-corrected chi connectivity index (χ0v) is 13.5. The minimum absolute atomic E-state index is 0. The van der Waals surface area contributed by atoms with Crippen LogP contribution in [0.5, 0.6) is 0 Å². The Hall–Kier alpha value is 0.690. The van der Waals surface area contributed by atoms with Gasteiger partial charge in [-0.2, -0.15) is 0 Å². The predicted octanol–water partition coefficient (Wildman–Crippen LogP) is 0.981. The SMILES string of the molecule is CCCCC[N+]1(CCCCC)CCCC1.[I-]. The quantitative estimate of drug-likeness (QED) is 0.351. The lowest BCUT2D eigenvalue weighted by atomic mass is 10.2. The summed E-state index contributed by atoms with van der Waals surface area (Å²) in [6.45, 7) is 10.5. The van der Waals surface area contributed by atoms with Gasteiger partial charge in [0, 0.05) is 12.8 Å². The molecule has 0 radical (unpaired) electrons. The Bertz CT molecular complexity index is 141. The van der Waals surface area contributed by atoms with E-state index in [1.807, 2.05) is 0 Å². The van der Waals surface area contributed by atoms with Crippen molar-refractivity contribution in [2.75, 3.05) is 26.2 Å². The molecular weight excluding hydrogens is 309 g/mol. The summed E-state index contributed by atoms with van der Waals surface area (Å²) in [5.41, 5.74) is 0. The van der Waals surface area contributed by atoms with E-state index in [2.05, 4.69) is 13.8 Å². The van der Waals surface area contributed by atoms with Gasteiger partial charge in [0.05, 0.1) is 26.2 Å². The minimum Gasteiger partial charge on any atom is -1.00 e. The fraction of sp³-hybridized carbons (Fsp3) is 1.00. The van der Waals surface area contributed by atoms with Crippen LogP contribution in [0.4, 0.5) is 0 Å². The van der Waals surface area contributed by atoms with Crippen molar-refractivity contribution >= 4 is 0 Å². The van der Waals surface area contributed by atoms with Crippen molar-refractivity contribution in [3.05, 3.63) is 0 Å². The van der Waals surface area contributed by atoms with E-state index in [0.29, 0.717) is 0 Å². The molecule has 0 unspecified atom stereocenters. The Kier molecular flexibility index (Phi) is 10.1. The molecule has 98 valence electrons. The van der Waals surface area contributed by atoms with Crippen LogP contribution >= 0.6 is 0 Å². The van der Waals surface area contributed by atoms with E-state index in [-0.39, 0.29) is 24.0 Å². The molecule has 0 amide bonds. The summed E-state index contributed by atoms with van der Waals surface area (Å²) in [6, 6.07) is 0. The summed E-state index contributed by atoms with van der Waals surface area (Å²) in [6.07, 6.45) is 11.5. The number of rotatable bonds is 8. The number of likely N-dealkylation sites (tertiary alicyclic amines) is 1. The van der Waals surface area contributed by atoms with Crippen molar-refractivity contribution in [1.29, 1.82) is 0 Å². The van der Waals surface area contributed by atoms with E-state index in [0.717, 1.165) is 0 Å². The zero-order valence-electron chi connectivity index (χ0n) is 11.3. The highest BCUT2D eigenvalue weighted by atomic mass is 127. The number of quaternary nitrogens is 1. The van der Waals surface area contributed by atoms with Crippen LogP contribution in [-0.2, 0) is 0 Å². The van der Waals surface area contributed by atoms with E-state index >= 15 is 0 Å². The van der Waals surface area contributed by atoms with E-state index in [9.17, 15) is 0 Å². The van der Waals surface area contributed by atoms with Crippen LogP contribution in [-0.4, -0.2) is 30.7 Å². The lowest BCUT2D eigenvalue weighted by Crippen LogP contribution is -3.00. The van der Waals surface area contributed by atoms with Gasteiger partial charge in [-0.1, -0.05) is 26.7 Å². The van der Waals surface area contributed by atoms with Gasteiger partial charge in [-0.05, 0) is 25.7 Å². The summed E-state index contributed by atoms with van der Waals surface area (Å²) in [5.74, 6) is 0. The first-order chi connectivity index (χ1) is 7.33. The molecule has 0 saturated carbocycles. The molecule has 1 fully saturated rings. The summed E-state index contributed by atoms with van der Waals surface area (Å²) in [4.78, 5) is 0. The highest BCUT2D eigenvalue weighted by Gasteiger charge is 2.30. The van der Waals surface area contributed by atoms with Crippen molar-refractivity contribution in [1.82, 2.24) is 0 Å². The summed E-state index contributed by atoms with van der Waals surface area (Å²) < 4.78 is 1.47. The second-order valence-electron chi connectivity index (χ2n) is 5.36. The maximum atomic E-state index is 2.31. The molecule has 0 aliphatic carbocycles. The maximum Gasteiger partial charge on any atom is 0.0788 e.